The lowest BCUT2D eigenvalue weighted by molar-refractivity contribution is 0.0696. The summed E-state index contributed by atoms with van der Waals surface area (Å²) in [4.78, 5) is 19.9. The zero-order chi connectivity index (χ0) is 14.8. The molecule has 1 atom stereocenters. The summed E-state index contributed by atoms with van der Waals surface area (Å²) in [6, 6.07) is 7.49. The molecule has 108 valence electrons. The number of hydrogen-bond donors (Lipinski definition) is 2. The summed E-state index contributed by atoms with van der Waals surface area (Å²) < 4.78 is 0. The Morgan fingerprint density at radius 1 is 1.48 bits per heavy atom. The molecule has 0 bridgehead atoms. The lowest BCUT2D eigenvalue weighted by Crippen LogP contribution is -2.20. The van der Waals surface area contributed by atoms with Crippen molar-refractivity contribution in [2.24, 2.45) is 0 Å². The first kappa shape index (κ1) is 13.7. The van der Waals surface area contributed by atoms with E-state index < -0.39 is 5.97 Å². The normalized spacial score (nSPS) is 16.7. The summed E-state index contributed by atoms with van der Waals surface area (Å²) >= 11 is 0. The van der Waals surface area contributed by atoms with Crippen LogP contribution in [0.3, 0.4) is 0 Å². The summed E-state index contributed by atoms with van der Waals surface area (Å²) in [6.07, 6.45) is 3.86. The van der Waals surface area contributed by atoms with Crippen LogP contribution in [0.2, 0.25) is 0 Å². The van der Waals surface area contributed by atoms with Gasteiger partial charge in [0.15, 0.2) is 0 Å². The molecule has 21 heavy (non-hydrogen) atoms. The number of aromatic nitrogens is 2. The predicted molar refractivity (Wildman–Crippen MR) is 78.1 cm³/mol. The Kier molecular flexibility index (Phi) is 3.66. The van der Waals surface area contributed by atoms with E-state index in [9.17, 15) is 4.79 Å². The van der Waals surface area contributed by atoms with Crippen LogP contribution >= 0.6 is 0 Å². The molecule has 5 heteroatoms. The van der Waals surface area contributed by atoms with Crippen LogP contribution in [-0.2, 0) is 13.0 Å². The highest BCUT2D eigenvalue weighted by atomic mass is 16.4. The van der Waals surface area contributed by atoms with Crippen molar-refractivity contribution in [3.63, 3.8) is 0 Å². The Morgan fingerprint density at radius 2 is 2.33 bits per heavy atom. The molecule has 0 saturated heterocycles. The van der Waals surface area contributed by atoms with Gasteiger partial charge in [-0.3, -0.25) is 9.97 Å². The maximum absolute atomic E-state index is 11.1. The molecule has 1 aliphatic carbocycles. The van der Waals surface area contributed by atoms with Crippen molar-refractivity contribution in [3.8, 4) is 0 Å². The molecule has 2 heterocycles. The van der Waals surface area contributed by atoms with Crippen molar-refractivity contribution >= 4 is 5.97 Å². The minimum absolute atomic E-state index is 0.219. The van der Waals surface area contributed by atoms with Gasteiger partial charge in [0.2, 0.25) is 0 Å². The van der Waals surface area contributed by atoms with E-state index in [4.69, 9.17) is 5.11 Å². The molecule has 1 unspecified atom stereocenters. The summed E-state index contributed by atoms with van der Waals surface area (Å²) in [5.74, 6) is -0.922. The number of hydrogen-bond acceptors (Lipinski definition) is 4. The Balaban J connectivity index is 1.73. The highest BCUT2D eigenvalue weighted by Crippen LogP contribution is 2.28. The van der Waals surface area contributed by atoms with Gasteiger partial charge in [0.1, 0.15) is 0 Å². The first-order valence-electron chi connectivity index (χ1n) is 7.01. The third-order valence-electron chi connectivity index (χ3n) is 3.74. The number of carbonyl (C=O) groups is 1. The lowest BCUT2D eigenvalue weighted by atomic mass is 10.1. The molecule has 1 aliphatic rings. The van der Waals surface area contributed by atoms with Gasteiger partial charge >= 0.3 is 5.97 Å². The molecule has 0 aromatic carbocycles. The molecule has 5 nitrogen and oxygen atoms in total. The monoisotopic (exact) mass is 283 g/mol. The molecule has 0 aliphatic heterocycles. The third-order valence-corrected chi connectivity index (χ3v) is 3.74. The van der Waals surface area contributed by atoms with Crippen LogP contribution in [0.1, 0.15) is 45.5 Å². The number of nitrogens with zero attached hydrogens (tertiary/aromatic N) is 2. The maximum Gasteiger partial charge on any atom is 0.335 e. The first-order valence-corrected chi connectivity index (χ1v) is 7.01. The van der Waals surface area contributed by atoms with Crippen molar-refractivity contribution < 1.29 is 9.90 Å². The molecule has 0 amide bonds. The number of rotatable bonds is 4. The molecular formula is C16H17N3O2. The number of carboxylic acid groups (broad SMARTS) is 1. The van der Waals surface area contributed by atoms with E-state index in [-0.39, 0.29) is 11.6 Å². The topological polar surface area (TPSA) is 75.1 Å². The van der Waals surface area contributed by atoms with Gasteiger partial charge in [-0.1, -0.05) is 6.07 Å². The standard InChI is InChI=1S/C16H17N3O2/c1-10-7-12(16(20)21)8-13(19-10)9-18-14-5-4-11-3-2-6-17-15(11)14/h2-3,6-8,14,18H,4-5,9H2,1H3,(H,20,21). The summed E-state index contributed by atoms with van der Waals surface area (Å²) in [5, 5.41) is 12.5. The first-order chi connectivity index (χ1) is 10.1. The largest absolute Gasteiger partial charge is 0.478 e. The lowest BCUT2D eigenvalue weighted by Gasteiger charge is -2.13. The minimum atomic E-state index is -0.922. The van der Waals surface area contributed by atoms with Crippen molar-refractivity contribution in [1.29, 1.82) is 0 Å². The van der Waals surface area contributed by atoms with E-state index in [0.717, 1.165) is 29.9 Å². The van der Waals surface area contributed by atoms with E-state index in [2.05, 4.69) is 21.4 Å². The van der Waals surface area contributed by atoms with Crippen LogP contribution in [0.5, 0.6) is 0 Å². The Labute approximate surface area is 123 Å². The van der Waals surface area contributed by atoms with Crippen molar-refractivity contribution in [2.75, 3.05) is 0 Å². The molecule has 0 radical (unpaired) electrons. The van der Waals surface area contributed by atoms with Gasteiger partial charge in [-0.2, -0.15) is 0 Å². The smallest absolute Gasteiger partial charge is 0.335 e. The zero-order valence-electron chi connectivity index (χ0n) is 11.8. The Hall–Kier alpha value is -2.27. The molecule has 0 fully saturated rings. The van der Waals surface area contributed by atoms with Crippen molar-refractivity contribution in [3.05, 3.63) is 58.7 Å². The average Bonchev–Trinajstić information content (AvgIpc) is 2.88. The van der Waals surface area contributed by atoms with E-state index in [1.807, 2.05) is 19.2 Å². The van der Waals surface area contributed by atoms with Gasteiger partial charge in [0, 0.05) is 18.4 Å². The predicted octanol–water partition coefficient (Wildman–Crippen LogP) is 2.26. The number of fused-ring (bicyclic) bond motifs is 1. The fourth-order valence-corrected chi connectivity index (χ4v) is 2.79. The fourth-order valence-electron chi connectivity index (χ4n) is 2.79. The van der Waals surface area contributed by atoms with Crippen LogP contribution in [0.4, 0.5) is 0 Å². The second-order valence-corrected chi connectivity index (χ2v) is 5.31. The van der Waals surface area contributed by atoms with E-state index in [0.29, 0.717) is 6.54 Å². The van der Waals surface area contributed by atoms with Crippen LogP contribution in [-0.4, -0.2) is 21.0 Å². The maximum atomic E-state index is 11.1. The number of pyridine rings is 2. The molecule has 2 aromatic heterocycles. The SMILES string of the molecule is Cc1cc(C(=O)O)cc(CNC2CCc3cccnc32)n1. The highest BCUT2D eigenvalue weighted by molar-refractivity contribution is 5.87. The van der Waals surface area contributed by atoms with E-state index in [1.54, 1.807) is 12.1 Å². The van der Waals surface area contributed by atoms with Gasteiger partial charge in [0.25, 0.3) is 0 Å². The van der Waals surface area contributed by atoms with Gasteiger partial charge in [-0.15, -0.1) is 0 Å². The second kappa shape index (κ2) is 5.61. The quantitative estimate of drug-likeness (QED) is 0.900. The average molecular weight is 283 g/mol. The van der Waals surface area contributed by atoms with Crippen molar-refractivity contribution in [1.82, 2.24) is 15.3 Å². The molecule has 0 saturated carbocycles. The summed E-state index contributed by atoms with van der Waals surface area (Å²) in [7, 11) is 0. The summed E-state index contributed by atoms with van der Waals surface area (Å²) in [5.41, 5.74) is 4.14. The van der Waals surface area contributed by atoms with Gasteiger partial charge in [-0.25, -0.2) is 4.79 Å². The van der Waals surface area contributed by atoms with E-state index >= 15 is 0 Å². The highest BCUT2D eigenvalue weighted by Gasteiger charge is 2.23. The van der Waals surface area contributed by atoms with Gasteiger partial charge in [0.05, 0.1) is 23.0 Å². The van der Waals surface area contributed by atoms with Crippen molar-refractivity contribution in [2.45, 2.75) is 32.4 Å². The number of carboxylic acids is 1. The Morgan fingerprint density at radius 3 is 3.14 bits per heavy atom. The second-order valence-electron chi connectivity index (χ2n) is 5.31. The summed E-state index contributed by atoms with van der Waals surface area (Å²) in [6.45, 7) is 2.35. The zero-order valence-corrected chi connectivity index (χ0v) is 11.8. The van der Waals surface area contributed by atoms with Gasteiger partial charge < -0.3 is 10.4 Å². The van der Waals surface area contributed by atoms with E-state index in [1.165, 1.54) is 5.56 Å². The van der Waals surface area contributed by atoms with Crippen LogP contribution in [0, 0.1) is 6.92 Å². The number of aryl methyl sites for hydroxylation is 2. The fraction of sp³-hybridized carbons (Fsp3) is 0.312. The van der Waals surface area contributed by atoms with Crippen LogP contribution in [0.25, 0.3) is 0 Å². The number of nitrogens with one attached hydrogen (secondary N) is 1. The molecule has 0 spiro atoms. The Bertz CT molecular complexity index is 685. The van der Waals surface area contributed by atoms with Gasteiger partial charge in [-0.05, 0) is 43.5 Å². The van der Waals surface area contributed by atoms with Crippen LogP contribution < -0.4 is 5.32 Å². The molecule has 3 rings (SSSR count). The molecule has 2 aromatic rings. The number of aromatic carboxylic acids is 1. The minimum Gasteiger partial charge on any atom is -0.478 e. The molecular weight excluding hydrogens is 266 g/mol. The third kappa shape index (κ3) is 2.92. The van der Waals surface area contributed by atoms with Crippen LogP contribution in [0.15, 0.2) is 30.5 Å². The molecule has 2 N–H and O–H groups in total.